The predicted octanol–water partition coefficient (Wildman–Crippen LogP) is -0.640. The van der Waals surface area contributed by atoms with Gasteiger partial charge < -0.3 is 14.7 Å². The summed E-state index contributed by atoms with van der Waals surface area (Å²) < 4.78 is 31.8. The van der Waals surface area contributed by atoms with Crippen LogP contribution >= 0.6 is 0 Å². The number of hydrogen-bond donors (Lipinski definition) is 1. The molecule has 2 saturated heterocycles. The van der Waals surface area contributed by atoms with Crippen LogP contribution in [-0.2, 0) is 24.3 Å². The summed E-state index contributed by atoms with van der Waals surface area (Å²) in [6.07, 6.45) is 1.05. The number of sulfonamides is 1. The van der Waals surface area contributed by atoms with Crippen LogP contribution in [0.4, 0.5) is 0 Å². The zero-order valence-corrected chi connectivity index (χ0v) is 13.4. The van der Waals surface area contributed by atoms with Gasteiger partial charge in [0.1, 0.15) is 5.92 Å². The van der Waals surface area contributed by atoms with Gasteiger partial charge in [-0.2, -0.15) is 4.31 Å². The summed E-state index contributed by atoms with van der Waals surface area (Å²) in [6.45, 7) is 3.22. The van der Waals surface area contributed by atoms with Gasteiger partial charge in [0.2, 0.25) is 15.9 Å². The molecule has 2 atom stereocenters. The zero-order valence-electron chi connectivity index (χ0n) is 12.6. The summed E-state index contributed by atoms with van der Waals surface area (Å²) in [5.41, 5.74) is 0. The summed E-state index contributed by atoms with van der Waals surface area (Å²) in [4.78, 5) is 24.4. The highest BCUT2D eigenvalue weighted by molar-refractivity contribution is 7.89. The van der Waals surface area contributed by atoms with Crippen LogP contribution in [0.3, 0.4) is 0 Å². The number of aliphatic carboxylic acids is 1. The maximum atomic E-state index is 12.6. The highest BCUT2D eigenvalue weighted by Crippen LogP contribution is 2.22. The van der Waals surface area contributed by atoms with Crippen molar-refractivity contribution in [1.82, 2.24) is 9.21 Å². The Morgan fingerprint density at radius 1 is 1.23 bits per heavy atom. The smallest absolute Gasteiger partial charge is 0.315 e. The number of carboxylic acids is 1. The SMILES string of the molecule is CC(C(=O)O)C(=O)N1CCCC(S(=O)(=O)N2CCOCC2)C1. The van der Waals surface area contributed by atoms with Crippen LogP contribution in [0.5, 0.6) is 0 Å². The molecule has 0 spiro atoms. The van der Waals surface area contributed by atoms with Crippen molar-refractivity contribution >= 4 is 21.9 Å². The Kier molecular flexibility index (Phi) is 5.41. The molecule has 0 bridgehead atoms. The molecule has 0 aliphatic carbocycles. The van der Waals surface area contributed by atoms with E-state index in [1.165, 1.54) is 16.1 Å². The highest BCUT2D eigenvalue weighted by Gasteiger charge is 2.38. The van der Waals surface area contributed by atoms with E-state index < -0.39 is 33.1 Å². The molecule has 2 aliphatic rings. The lowest BCUT2D eigenvalue weighted by Gasteiger charge is -2.36. The number of carbonyl (C=O) groups is 2. The number of carbonyl (C=O) groups excluding carboxylic acids is 1. The van der Waals surface area contributed by atoms with Crippen molar-refractivity contribution in [3.8, 4) is 0 Å². The van der Waals surface area contributed by atoms with Gasteiger partial charge >= 0.3 is 5.97 Å². The van der Waals surface area contributed by atoms with Crippen LogP contribution in [0, 0.1) is 5.92 Å². The minimum atomic E-state index is -3.49. The number of ether oxygens (including phenoxy) is 1. The fourth-order valence-electron chi connectivity index (χ4n) is 2.77. The lowest BCUT2D eigenvalue weighted by molar-refractivity contribution is -0.150. The van der Waals surface area contributed by atoms with E-state index in [0.717, 1.165) is 0 Å². The number of morpholine rings is 1. The van der Waals surface area contributed by atoms with Crippen LogP contribution in [0.1, 0.15) is 19.8 Å². The van der Waals surface area contributed by atoms with Gasteiger partial charge in [-0.05, 0) is 19.8 Å². The predicted molar refractivity (Wildman–Crippen MR) is 77.7 cm³/mol. The minimum Gasteiger partial charge on any atom is -0.481 e. The largest absolute Gasteiger partial charge is 0.481 e. The lowest BCUT2D eigenvalue weighted by atomic mass is 10.1. The van der Waals surface area contributed by atoms with Crippen molar-refractivity contribution in [3.63, 3.8) is 0 Å². The summed E-state index contributed by atoms with van der Waals surface area (Å²) in [7, 11) is -3.49. The van der Waals surface area contributed by atoms with E-state index in [-0.39, 0.29) is 6.54 Å². The third-order valence-corrected chi connectivity index (χ3v) is 6.49. The molecule has 0 radical (unpaired) electrons. The first-order valence-corrected chi connectivity index (χ1v) is 8.92. The minimum absolute atomic E-state index is 0.0656. The molecule has 0 aromatic heterocycles. The standard InChI is InChI=1S/C13H22N2O6S/c1-10(13(17)18)12(16)14-4-2-3-11(9-14)22(19,20)15-5-7-21-8-6-15/h10-11H,2-9H2,1H3,(H,17,18). The molecule has 0 aromatic rings. The monoisotopic (exact) mass is 334 g/mol. The second-order valence-corrected chi connectivity index (χ2v) is 7.88. The van der Waals surface area contributed by atoms with Crippen molar-refractivity contribution in [2.75, 3.05) is 39.4 Å². The average molecular weight is 334 g/mol. The van der Waals surface area contributed by atoms with Crippen molar-refractivity contribution in [3.05, 3.63) is 0 Å². The van der Waals surface area contributed by atoms with Crippen LogP contribution in [-0.4, -0.2) is 79.2 Å². The third kappa shape index (κ3) is 3.58. The molecule has 9 heteroatoms. The second kappa shape index (κ2) is 6.93. The maximum absolute atomic E-state index is 12.6. The molecule has 2 unspecified atom stereocenters. The van der Waals surface area contributed by atoms with E-state index in [0.29, 0.717) is 45.7 Å². The zero-order chi connectivity index (χ0) is 16.3. The molecule has 22 heavy (non-hydrogen) atoms. The van der Waals surface area contributed by atoms with Gasteiger partial charge in [-0.15, -0.1) is 0 Å². The highest BCUT2D eigenvalue weighted by atomic mass is 32.2. The molecule has 2 fully saturated rings. The Morgan fingerprint density at radius 3 is 2.45 bits per heavy atom. The van der Waals surface area contributed by atoms with Gasteiger partial charge in [0.25, 0.3) is 0 Å². The Hall–Kier alpha value is -1.19. The summed E-state index contributed by atoms with van der Waals surface area (Å²) in [5, 5.41) is 8.26. The molecular weight excluding hydrogens is 312 g/mol. The topological polar surface area (TPSA) is 104 Å². The molecule has 1 N–H and O–H groups in total. The number of rotatable bonds is 4. The molecule has 1 amide bonds. The normalized spacial score (nSPS) is 25.7. The number of hydrogen-bond acceptors (Lipinski definition) is 5. The van der Waals surface area contributed by atoms with Crippen LogP contribution in [0.25, 0.3) is 0 Å². The van der Waals surface area contributed by atoms with E-state index in [9.17, 15) is 18.0 Å². The van der Waals surface area contributed by atoms with E-state index in [1.54, 1.807) is 0 Å². The van der Waals surface area contributed by atoms with Crippen molar-refractivity contribution in [2.24, 2.45) is 5.92 Å². The molecule has 2 heterocycles. The summed E-state index contributed by atoms with van der Waals surface area (Å²) in [5.74, 6) is -2.86. The van der Waals surface area contributed by atoms with Crippen LogP contribution in [0.15, 0.2) is 0 Å². The molecule has 0 saturated carbocycles. The van der Waals surface area contributed by atoms with E-state index in [4.69, 9.17) is 9.84 Å². The van der Waals surface area contributed by atoms with Gasteiger partial charge in [0.15, 0.2) is 0 Å². The van der Waals surface area contributed by atoms with Gasteiger partial charge in [-0.3, -0.25) is 9.59 Å². The first-order valence-electron chi connectivity index (χ1n) is 7.42. The van der Waals surface area contributed by atoms with Crippen LogP contribution in [0.2, 0.25) is 0 Å². The van der Waals surface area contributed by atoms with Gasteiger partial charge in [-0.25, -0.2) is 8.42 Å². The van der Waals surface area contributed by atoms with Gasteiger partial charge in [-0.1, -0.05) is 0 Å². The van der Waals surface area contributed by atoms with Crippen molar-refractivity contribution < 1.29 is 27.9 Å². The van der Waals surface area contributed by atoms with Gasteiger partial charge in [0, 0.05) is 26.2 Å². The Bertz CT molecular complexity index is 529. The number of likely N-dealkylation sites (tertiary alicyclic amines) is 1. The number of amides is 1. The molecule has 2 rings (SSSR count). The van der Waals surface area contributed by atoms with E-state index in [1.807, 2.05) is 0 Å². The Labute approximate surface area is 130 Å². The van der Waals surface area contributed by atoms with E-state index >= 15 is 0 Å². The van der Waals surface area contributed by atoms with Gasteiger partial charge in [0.05, 0.1) is 18.5 Å². The van der Waals surface area contributed by atoms with Crippen LogP contribution < -0.4 is 0 Å². The average Bonchev–Trinajstić information content (AvgIpc) is 2.54. The second-order valence-electron chi connectivity index (χ2n) is 5.66. The summed E-state index contributed by atoms with van der Waals surface area (Å²) in [6, 6.07) is 0. The molecule has 2 aliphatic heterocycles. The molecular formula is C13H22N2O6S. The first-order chi connectivity index (χ1) is 10.3. The number of piperidine rings is 1. The molecule has 8 nitrogen and oxygen atoms in total. The lowest BCUT2D eigenvalue weighted by Crippen LogP contribution is -2.53. The maximum Gasteiger partial charge on any atom is 0.315 e. The molecule has 0 aromatic carbocycles. The first kappa shape index (κ1) is 17.2. The fraction of sp³-hybridized carbons (Fsp3) is 0.846. The van der Waals surface area contributed by atoms with E-state index in [2.05, 4.69) is 0 Å². The quantitative estimate of drug-likeness (QED) is 0.686. The number of carboxylic acid groups (broad SMARTS) is 1. The number of nitrogens with zero attached hydrogens (tertiary/aromatic N) is 2. The Balaban J connectivity index is 2.06. The fourth-order valence-corrected chi connectivity index (χ4v) is 4.69. The van der Waals surface area contributed by atoms with Crippen molar-refractivity contribution in [1.29, 1.82) is 0 Å². The Morgan fingerprint density at radius 2 is 1.86 bits per heavy atom. The third-order valence-electron chi connectivity index (χ3n) is 4.18. The molecule has 126 valence electrons. The van der Waals surface area contributed by atoms with Crippen molar-refractivity contribution in [2.45, 2.75) is 25.0 Å². The summed E-state index contributed by atoms with van der Waals surface area (Å²) >= 11 is 0.